The molecule has 0 radical (unpaired) electrons. The zero-order valence-electron chi connectivity index (χ0n) is 13.7. The van der Waals surface area contributed by atoms with Crippen LogP contribution < -0.4 is 5.48 Å². The molecule has 0 unspecified atom stereocenters. The van der Waals surface area contributed by atoms with Crippen LogP contribution in [0.4, 0.5) is 0 Å². The van der Waals surface area contributed by atoms with Crippen molar-refractivity contribution < 1.29 is 10.0 Å². The van der Waals surface area contributed by atoms with E-state index >= 15 is 0 Å². The summed E-state index contributed by atoms with van der Waals surface area (Å²) in [6.07, 6.45) is 6.47. The molecule has 2 heterocycles. The summed E-state index contributed by atoms with van der Waals surface area (Å²) in [6.45, 7) is 9.14. The minimum atomic E-state index is -0.475. The van der Waals surface area contributed by atoms with Gasteiger partial charge in [-0.3, -0.25) is 10.0 Å². The maximum Gasteiger partial charge on any atom is 0.286 e. The molecule has 1 fully saturated rings. The van der Waals surface area contributed by atoms with Gasteiger partial charge in [-0.15, -0.1) is 11.3 Å². The molecule has 1 aromatic rings. The molecule has 124 valence electrons. The lowest BCUT2D eigenvalue weighted by atomic mass is 9.89. The zero-order valence-corrected chi connectivity index (χ0v) is 14.5. The number of aromatic nitrogens is 1. The molecule has 0 spiro atoms. The van der Waals surface area contributed by atoms with Crippen molar-refractivity contribution in [1.82, 2.24) is 15.4 Å². The van der Waals surface area contributed by atoms with E-state index in [1.165, 1.54) is 43.7 Å². The molecule has 0 bridgehead atoms. The number of carbonyl (C=O) groups excluding carboxylic acids is 1. The third-order valence-electron chi connectivity index (χ3n) is 4.66. The van der Waals surface area contributed by atoms with Crippen LogP contribution >= 0.6 is 11.3 Å². The fourth-order valence-corrected chi connectivity index (χ4v) is 3.94. The molecule has 1 aliphatic heterocycles. The molecular weight excluding hydrogens is 298 g/mol. The van der Waals surface area contributed by atoms with Crippen LogP contribution in [0.3, 0.4) is 0 Å². The van der Waals surface area contributed by atoms with Crippen LogP contribution in [-0.2, 0) is 0 Å². The molecule has 1 amide bonds. The van der Waals surface area contributed by atoms with Crippen molar-refractivity contribution >= 4 is 17.2 Å². The van der Waals surface area contributed by atoms with E-state index in [4.69, 9.17) is 5.21 Å². The number of hydrogen-bond acceptors (Lipinski definition) is 5. The highest BCUT2D eigenvalue weighted by Gasteiger charge is 2.22. The first kappa shape index (κ1) is 17.4. The smallest absolute Gasteiger partial charge is 0.286 e. The summed E-state index contributed by atoms with van der Waals surface area (Å²) >= 11 is 1.37. The Kier molecular flexibility index (Phi) is 6.35. The molecule has 0 aromatic carbocycles. The van der Waals surface area contributed by atoms with E-state index in [0.717, 1.165) is 17.3 Å². The summed E-state index contributed by atoms with van der Waals surface area (Å²) in [5, 5.41) is 9.63. The van der Waals surface area contributed by atoms with Gasteiger partial charge in [0.1, 0.15) is 4.88 Å². The maximum atomic E-state index is 11.3. The van der Waals surface area contributed by atoms with Crippen molar-refractivity contribution in [3.05, 3.63) is 16.1 Å². The predicted octanol–water partition coefficient (Wildman–Crippen LogP) is 3.27. The van der Waals surface area contributed by atoms with Gasteiger partial charge in [-0.25, -0.2) is 10.5 Å². The van der Waals surface area contributed by atoms with Crippen molar-refractivity contribution in [2.24, 2.45) is 5.92 Å². The van der Waals surface area contributed by atoms with Gasteiger partial charge in [0.2, 0.25) is 0 Å². The first-order valence-electron chi connectivity index (χ1n) is 8.15. The molecule has 6 heteroatoms. The molecule has 0 aliphatic carbocycles. The Labute approximate surface area is 136 Å². The lowest BCUT2D eigenvalue weighted by Crippen LogP contribution is -2.38. The van der Waals surface area contributed by atoms with E-state index in [1.54, 1.807) is 11.7 Å². The number of likely N-dealkylation sites (tertiary alicyclic amines) is 1. The van der Waals surface area contributed by atoms with Crippen LogP contribution in [0.25, 0.3) is 0 Å². The summed E-state index contributed by atoms with van der Waals surface area (Å²) in [5.41, 5.74) is 1.66. The summed E-state index contributed by atoms with van der Waals surface area (Å²) < 4.78 is 0. The van der Waals surface area contributed by atoms with Crippen LogP contribution in [-0.4, -0.2) is 40.1 Å². The van der Waals surface area contributed by atoms with Gasteiger partial charge in [0.05, 0.1) is 11.2 Å². The second-order valence-electron chi connectivity index (χ2n) is 6.56. The molecule has 1 aromatic heterocycles. The van der Waals surface area contributed by atoms with E-state index in [2.05, 4.69) is 30.7 Å². The number of hydroxylamine groups is 1. The Morgan fingerprint density at radius 2 is 2.14 bits per heavy atom. The van der Waals surface area contributed by atoms with Gasteiger partial charge in [-0.05, 0) is 58.5 Å². The quantitative estimate of drug-likeness (QED) is 0.622. The fourth-order valence-electron chi connectivity index (χ4n) is 3.04. The summed E-state index contributed by atoms with van der Waals surface area (Å²) in [6, 6.07) is 0.659. The number of nitrogens with zero attached hydrogens (tertiary/aromatic N) is 2. The van der Waals surface area contributed by atoms with Gasteiger partial charge in [0.25, 0.3) is 5.91 Å². The SMILES string of the molecule is CC(C)N1CCC(CC[C@@H](C)c2ncc(C(=O)NO)s2)CC1. The highest BCUT2D eigenvalue weighted by molar-refractivity contribution is 7.13. The van der Waals surface area contributed by atoms with Crippen molar-refractivity contribution in [1.29, 1.82) is 0 Å². The zero-order chi connectivity index (χ0) is 16.1. The molecule has 2 rings (SSSR count). The van der Waals surface area contributed by atoms with Gasteiger partial charge in [-0.2, -0.15) is 0 Å². The minimum Gasteiger partial charge on any atom is -0.301 e. The number of nitrogens with one attached hydrogen (secondary N) is 1. The highest BCUT2D eigenvalue weighted by Crippen LogP contribution is 2.30. The number of carbonyl (C=O) groups is 1. The number of piperidine rings is 1. The largest absolute Gasteiger partial charge is 0.301 e. The molecule has 1 atom stereocenters. The average molecular weight is 325 g/mol. The van der Waals surface area contributed by atoms with E-state index in [-0.39, 0.29) is 0 Å². The fraction of sp³-hybridized carbons (Fsp3) is 0.750. The number of hydrogen-bond donors (Lipinski definition) is 2. The van der Waals surface area contributed by atoms with Crippen LogP contribution in [0, 0.1) is 5.92 Å². The number of rotatable bonds is 6. The van der Waals surface area contributed by atoms with Crippen LogP contribution in [0.2, 0.25) is 0 Å². The molecule has 5 nitrogen and oxygen atoms in total. The minimum absolute atomic E-state index is 0.369. The number of amides is 1. The van der Waals surface area contributed by atoms with Crippen molar-refractivity contribution in [3.8, 4) is 0 Å². The highest BCUT2D eigenvalue weighted by atomic mass is 32.1. The number of thiazole rings is 1. The van der Waals surface area contributed by atoms with Gasteiger partial charge in [0.15, 0.2) is 0 Å². The summed E-state index contributed by atoms with van der Waals surface area (Å²) in [5.74, 6) is 0.711. The predicted molar refractivity (Wildman–Crippen MR) is 88.4 cm³/mol. The third-order valence-corrected chi connectivity index (χ3v) is 5.89. The van der Waals surface area contributed by atoms with E-state index in [1.807, 2.05) is 0 Å². The van der Waals surface area contributed by atoms with Gasteiger partial charge in [0, 0.05) is 12.0 Å². The molecule has 22 heavy (non-hydrogen) atoms. The van der Waals surface area contributed by atoms with Crippen molar-refractivity contribution in [2.75, 3.05) is 13.1 Å². The normalized spacial score (nSPS) is 18.6. The van der Waals surface area contributed by atoms with Crippen LogP contribution in [0.1, 0.15) is 67.1 Å². The molecule has 1 saturated heterocycles. The average Bonchev–Trinajstić information content (AvgIpc) is 3.02. The van der Waals surface area contributed by atoms with Crippen molar-refractivity contribution in [3.63, 3.8) is 0 Å². The first-order chi connectivity index (χ1) is 10.5. The topological polar surface area (TPSA) is 65.5 Å². The lowest BCUT2D eigenvalue weighted by Gasteiger charge is -2.34. The Hall–Kier alpha value is -0.980. The van der Waals surface area contributed by atoms with Gasteiger partial charge < -0.3 is 4.90 Å². The standard InChI is InChI=1S/C16H27N3O2S/c1-11(2)19-8-6-13(7-9-19)5-4-12(3)16-17-10-14(22-16)15(20)18-21/h10-13,21H,4-9H2,1-3H3,(H,18,20)/t12-/m1/s1. The second kappa shape index (κ2) is 8.04. The molecule has 1 aliphatic rings. The van der Waals surface area contributed by atoms with Crippen LogP contribution in [0.15, 0.2) is 6.20 Å². The van der Waals surface area contributed by atoms with Gasteiger partial charge in [-0.1, -0.05) is 6.92 Å². The Bertz CT molecular complexity index is 481. The summed E-state index contributed by atoms with van der Waals surface area (Å²) in [7, 11) is 0. The molecular formula is C16H27N3O2S. The van der Waals surface area contributed by atoms with Crippen molar-refractivity contribution in [2.45, 2.75) is 58.4 Å². The van der Waals surface area contributed by atoms with E-state index in [0.29, 0.717) is 16.8 Å². The first-order valence-corrected chi connectivity index (χ1v) is 8.97. The monoisotopic (exact) mass is 325 g/mol. The molecule has 0 saturated carbocycles. The second-order valence-corrected chi connectivity index (χ2v) is 7.62. The maximum absolute atomic E-state index is 11.3. The Morgan fingerprint density at radius 1 is 1.45 bits per heavy atom. The van der Waals surface area contributed by atoms with Crippen LogP contribution in [0.5, 0.6) is 0 Å². The Morgan fingerprint density at radius 3 is 2.73 bits per heavy atom. The van der Waals surface area contributed by atoms with Gasteiger partial charge >= 0.3 is 0 Å². The molecule has 2 N–H and O–H groups in total. The lowest BCUT2D eigenvalue weighted by molar-refractivity contribution is 0.0710. The van der Waals surface area contributed by atoms with E-state index in [9.17, 15) is 4.79 Å². The Balaban J connectivity index is 1.77. The summed E-state index contributed by atoms with van der Waals surface area (Å²) in [4.78, 5) is 18.7. The third kappa shape index (κ3) is 4.51. The van der Waals surface area contributed by atoms with E-state index < -0.39 is 5.91 Å².